The molecule has 1 atom stereocenters. The molecule has 6 heteroatoms. The molecular formula is C14H21N3O3. The van der Waals surface area contributed by atoms with Crippen molar-refractivity contribution in [3.63, 3.8) is 0 Å². The Bertz CT molecular complexity index is 510. The van der Waals surface area contributed by atoms with Crippen molar-refractivity contribution >= 4 is 11.9 Å². The molecule has 2 heterocycles. The lowest BCUT2D eigenvalue weighted by Crippen LogP contribution is -2.42. The number of aromatic nitrogens is 2. The lowest BCUT2D eigenvalue weighted by atomic mass is 9.98. The fourth-order valence-corrected chi connectivity index (χ4v) is 2.70. The molecule has 1 aromatic rings. The Morgan fingerprint density at radius 3 is 2.85 bits per heavy atom. The molecule has 0 saturated carbocycles. The van der Waals surface area contributed by atoms with Crippen LogP contribution in [0, 0.1) is 12.8 Å². The van der Waals surface area contributed by atoms with E-state index in [1.165, 1.54) is 0 Å². The van der Waals surface area contributed by atoms with E-state index in [1.807, 2.05) is 20.2 Å². The van der Waals surface area contributed by atoms with Crippen LogP contribution in [0.1, 0.15) is 30.5 Å². The third-order valence-corrected chi connectivity index (χ3v) is 3.85. The molecular weight excluding hydrogens is 258 g/mol. The van der Waals surface area contributed by atoms with Gasteiger partial charge in [0, 0.05) is 32.8 Å². The number of aryl methyl sites for hydroxylation is 3. The van der Waals surface area contributed by atoms with Crippen molar-refractivity contribution in [1.82, 2.24) is 14.7 Å². The fourth-order valence-electron chi connectivity index (χ4n) is 2.70. The van der Waals surface area contributed by atoms with Gasteiger partial charge in [-0.1, -0.05) is 0 Å². The first-order chi connectivity index (χ1) is 9.47. The lowest BCUT2D eigenvalue weighted by molar-refractivity contribution is -0.145. The summed E-state index contributed by atoms with van der Waals surface area (Å²) in [5.41, 5.74) is 2.02. The average molecular weight is 279 g/mol. The number of hydrogen-bond acceptors (Lipinski definition) is 3. The van der Waals surface area contributed by atoms with Gasteiger partial charge in [-0.05, 0) is 31.7 Å². The van der Waals surface area contributed by atoms with Crippen LogP contribution in [0.25, 0.3) is 0 Å². The van der Waals surface area contributed by atoms with Gasteiger partial charge in [-0.25, -0.2) is 0 Å². The Hall–Kier alpha value is -1.85. The first-order valence-corrected chi connectivity index (χ1v) is 6.97. The molecule has 1 aliphatic rings. The molecule has 0 aliphatic carbocycles. The van der Waals surface area contributed by atoms with Crippen molar-refractivity contribution < 1.29 is 14.7 Å². The van der Waals surface area contributed by atoms with Crippen molar-refractivity contribution in [2.45, 2.75) is 32.6 Å². The first-order valence-electron chi connectivity index (χ1n) is 6.97. The summed E-state index contributed by atoms with van der Waals surface area (Å²) in [7, 11) is 1.86. The molecule has 1 fully saturated rings. The number of carboxylic acids is 1. The van der Waals surface area contributed by atoms with E-state index < -0.39 is 11.9 Å². The molecule has 0 bridgehead atoms. The maximum absolute atomic E-state index is 12.2. The van der Waals surface area contributed by atoms with E-state index in [4.69, 9.17) is 5.11 Å². The molecule has 2 rings (SSSR count). The van der Waals surface area contributed by atoms with Crippen molar-refractivity contribution in [3.05, 3.63) is 17.5 Å². The number of hydrogen-bond donors (Lipinski definition) is 1. The van der Waals surface area contributed by atoms with Crippen molar-refractivity contribution in [2.75, 3.05) is 13.1 Å². The van der Waals surface area contributed by atoms with Crippen molar-refractivity contribution in [2.24, 2.45) is 13.0 Å². The van der Waals surface area contributed by atoms with Gasteiger partial charge in [0.2, 0.25) is 5.91 Å². The minimum Gasteiger partial charge on any atom is -0.481 e. The Morgan fingerprint density at radius 1 is 1.50 bits per heavy atom. The number of amides is 1. The fraction of sp³-hybridized carbons (Fsp3) is 0.643. The number of aliphatic carboxylic acids is 1. The van der Waals surface area contributed by atoms with E-state index in [0.29, 0.717) is 32.4 Å². The number of piperidine rings is 1. The van der Waals surface area contributed by atoms with Gasteiger partial charge in [0.25, 0.3) is 0 Å². The summed E-state index contributed by atoms with van der Waals surface area (Å²) in [5, 5.41) is 13.3. The predicted molar refractivity (Wildman–Crippen MR) is 73.2 cm³/mol. The Balaban J connectivity index is 1.88. The van der Waals surface area contributed by atoms with E-state index in [1.54, 1.807) is 9.58 Å². The van der Waals surface area contributed by atoms with Crippen LogP contribution in [0.3, 0.4) is 0 Å². The number of nitrogens with zero attached hydrogens (tertiary/aromatic N) is 3. The Morgan fingerprint density at radius 2 is 2.25 bits per heavy atom. The molecule has 1 aliphatic heterocycles. The van der Waals surface area contributed by atoms with Crippen LogP contribution in [0.5, 0.6) is 0 Å². The van der Waals surface area contributed by atoms with Crippen LogP contribution in [0.2, 0.25) is 0 Å². The summed E-state index contributed by atoms with van der Waals surface area (Å²) in [6.07, 6.45) is 4.44. The monoisotopic (exact) mass is 279 g/mol. The summed E-state index contributed by atoms with van der Waals surface area (Å²) in [6.45, 7) is 2.95. The molecule has 1 aromatic heterocycles. The molecule has 1 amide bonds. The van der Waals surface area contributed by atoms with E-state index >= 15 is 0 Å². The predicted octanol–water partition coefficient (Wildman–Crippen LogP) is 0.984. The molecule has 0 unspecified atom stereocenters. The van der Waals surface area contributed by atoms with Gasteiger partial charge in [-0.3, -0.25) is 14.3 Å². The second-order valence-corrected chi connectivity index (χ2v) is 5.43. The minimum absolute atomic E-state index is 0.0409. The van der Waals surface area contributed by atoms with E-state index in [9.17, 15) is 9.59 Å². The Labute approximate surface area is 118 Å². The number of rotatable bonds is 4. The zero-order valence-corrected chi connectivity index (χ0v) is 12.0. The summed E-state index contributed by atoms with van der Waals surface area (Å²) in [4.78, 5) is 24.9. The zero-order chi connectivity index (χ0) is 14.7. The average Bonchev–Trinajstić information content (AvgIpc) is 2.74. The van der Waals surface area contributed by atoms with E-state index in [2.05, 4.69) is 5.10 Å². The van der Waals surface area contributed by atoms with Crippen molar-refractivity contribution in [1.29, 1.82) is 0 Å². The lowest BCUT2D eigenvalue weighted by Gasteiger charge is -2.30. The molecule has 1 N–H and O–H groups in total. The largest absolute Gasteiger partial charge is 0.481 e. The number of carbonyl (C=O) groups is 2. The molecule has 6 nitrogen and oxygen atoms in total. The summed E-state index contributed by atoms with van der Waals surface area (Å²) in [6, 6.07) is 0. The summed E-state index contributed by atoms with van der Waals surface area (Å²) >= 11 is 0. The van der Waals surface area contributed by atoms with Crippen LogP contribution < -0.4 is 0 Å². The maximum atomic E-state index is 12.2. The Kier molecular flexibility index (Phi) is 4.42. The topological polar surface area (TPSA) is 75.4 Å². The third-order valence-electron chi connectivity index (χ3n) is 3.85. The number of carbonyl (C=O) groups excluding carboxylic acids is 1. The number of carboxylic acid groups (broad SMARTS) is 1. The second-order valence-electron chi connectivity index (χ2n) is 5.43. The van der Waals surface area contributed by atoms with E-state index in [0.717, 1.165) is 17.7 Å². The SMILES string of the molecule is Cc1nn(C)cc1CCC(=O)N1CCC[C@@H](C(=O)O)C1. The third kappa shape index (κ3) is 3.37. The van der Waals surface area contributed by atoms with Gasteiger partial charge in [-0.15, -0.1) is 0 Å². The van der Waals surface area contributed by atoms with Crippen molar-refractivity contribution in [3.8, 4) is 0 Å². The smallest absolute Gasteiger partial charge is 0.308 e. The molecule has 0 aromatic carbocycles. The second kappa shape index (κ2) is 6.07. The summed E-state index contributed by atoms with van der Waals surface area (Å²) in [5.74, 6) is -1.17. The van der Waals surface area contributed by atoms with Gasteiger partial charge < -0.3 is 10.0 Å². The van der Waals surface area contributed by atoms with Gasteiger partial charge >= 0.3 is 5.97 Å². The maximum Gasteiger partial charge on any atom is 0.308 e. The quantitative estimate of drug-likeness (QED) is 0.891. The van der Waals surface area contributed by atoms with E-state index in [-0.39, 0.29) is 5.91 Å². The molecule has 1 saturated heterocycles. The highest BCUT2D eigenvalue weighted by Crippen LogP contribution is 2.18. The van der Waals surface area contributed by atoms with Crippen LogP contribution in [0.15, 0.2) is 6.20 Å². The molecule has 110 valence electrons. The first kappa shape index (κ1) is 14.6. The van der Waals surface area contributed by atoms with Gasteiger partial charge in [0.1, 0.15) is 0 Å². The molecule has 20 heavy (non-hydrogen) atoms. The van der Waals surface area contributed by atoms with Crippen LogP contribution in [-0.2, 0) is 23.1 Å². The highest BCUT2D eigenvalue weighted by atomic mass is 16.4. The van der Waals surface area contributed by atoms with Gasteiger partial charge in [0.05, 0.1) is 11.6 Å². The molecule has 0 spiro atoms. The van der Waals surface area contributed by atoms with Crippen LogP contribution in [0.4, 0.5) is 0 Å². The number of likely N-dealkylation sites (tertiary alicyclic amines) is 1. The van der Waals surface area contributed by atoms with Gasteiger partial charge in [0.15, 0.2) is 0 Å². The highest BCUT2D eigenvalue weighted by molar-refractivity contribution is 5.78. The van der Waals surface area contributed by atoms with Gasteiger partial charge in [-0.2, -0.15) is 5.10 Å². The normalized spacial score (nSPS) is 19.1. The zero-order valence-electron chi connectivity index (χ0n) is 12.0. The highest BCUT2D eigenvalue weighted by Gasteiger charge is 2.27. The summed E-state index contributed by atoms with van der Waals surface area (Å²) < 4.78 is 1.75. The van der Waals surface area contributed by atoms with Crippen LogP contribution >= 0.6 is 0 Å². The van der Waals surface area contributed by atoms with Crippen LogP contribution in [-0.4, -0.2) is 44.8 Å². The molecule has 0 radical (unpaired) electrons. The minimum atomic E-state index is -0.800. The standard InChI is InChI=1S/C14H21N3O3/c1-10-11(8-16(2)15-10)5-6-13(18)17-7-3-4-12(9-17)14(19)20/h8,12H,3-7,9H2,1-2H3,(H,19,20)/t12-/m1/s1.